The van der Waals surface area contributed by atoms with E-state index in [0.29, 0.717) is 34.9 Å². The normalized spacial score (nSPS) is 10.4. The molecule has 4 rings (SSSR count). The first-order chi connectivity index (χ1) is 16.6. The highest BCUT2D eigenvalue weighted by Crippen LogP contribution is 2.25. The number of carbonyl (C=O) groups is 2. The van der Waals surface area contributed by atoms with Crippen LogP contribution in [-0.4, -0.2) is 18.4 Å². The lowest BCUT2D eigenvalue weighted by Crippen LogP contribution is -2.16. The van der Waals surface area contributed by atoms with E-state index in [1.807, 2.05) is 66.7 Å². The summed E-state index contributed by atoms with van der Waals surface area (Å²) >= 11 is 3.43. The Morgan fingerprint density at radius 3 is 2.15 bits per heavy atom. The molecule has 4 aromatic rings. The van der Waals surface area contributed by atoms with Crippen molar-refractivity contribution in [1.29, 1.82) is 0 Å². The van der Waals surface area contributed by atoms with Gasteiger partial charge in [-0.05, 0) is 54.1 Å². The Balaban J connectivity index is 1.44. The van der Waals surface area contributed by atoms with Gasteiger partial charge >= 0.3 is 0 Å². The second-order valence-corrected chi connectivity index (χ2v) is 8.50. The van der Waals surface area contributed by atoms with Crippen molar-refractivity contribution in [2.75, 3.05) is 17.2 Å². The minimum atomic E-state index is -0.323. The Hall–Kier alpha value is -3.90. The molecule has 0 aliphatic rings. The van der Waals surface area contributed by atoms with Crippen molar-refractivity contribution in [3.05, 3.63) is 124 Å². The minimum Gasteiger partial charge on any atom is -0.492 e. The first-order valence-corrected chi connectivity index (χ1v) is 11.6. The molecule has 0 aliphatic carbocycles. The van der Waals surface area contributed by atoms with E-state index in [4.69, 9.17) is 4.74 Å². The highest BCUT2D eigenvalue weighted by molar-refractivity contribution is 9.10. The zero-order valence-corrected chi connectivity index (χ0v) is 19.9. The maximum atomic E-state index is 13.1. The summed E-state index contributed by atoms with van der Waals surface area (Å²) in [5, 5.41) is 5.72. The quantitative estimate of drug-likeness (QED) is 0.279. The summed E-state index contributed by atoms with van der Waals surface area (Å²) < 4.78 is 6.71. The average Bonchev–Trinajstić information content (AvgIpc) is 2.86. The van der Waals surface area contributed by atoms with Crippen LogP contribution in [0, 0.1) is 0 Å². The Bertz CT molecular complexity index is 1280. The molecule has 0 saturated heterocycles. The Labute approximate surface area is 206 Å². The molecule has 4 aromatic carbocycles. The summed E-state index contributed by atoms with van der Waals surface area (Å²) in [5.41, 5.74) is 3.22. The van der Waals surface area contributed by atoms with Crippen molar-refractivity contribution < 1.29 is 14.3 Å². The highest BCUT2D eigenvalue weighted by Gasteiger charge is 2.15. The van der Waals surface area contributed by atoms with Gasteiger partial charge in [0, 0.05) is 27.8 Å². The zero-order valence-electron chi connectivity index (χ0n) is 18.3. The van der Waals surface area contributed by atoms with Crippen LogP contribution in [0.25, 0.3) is 0 Å². The maximum absolute atomic E-state index is 13.1. The summed E-state index contributed by atoms with van der Waals surface area (Å²) in [4.78, 5) is 25.7. The molecule has 0 bridgehead atoms. The molecule has 0 aromatic heterocycles. The lowest BCUT2D eigenvalue weighted by atomic mass is 10.1. The van der Waals surface area contributed by atoms with Crippen molar-refractivity contribution in [2.24, 2.45) is 0 Å². The number of benzene rings is 4. The summed E-state index contributed by atoms with van der Waals surface area (Å²) in [6, 6.07) is 31.4. The van der Waals surface area contributed by atoms with Crippen LogP contribution >= 0.6 is 15.9 Å². The maximum Gasteiger partial charge on any atom is 0.259 e. The largest absolute Gasteiger partial charge is 0.492 e. The number of amides is 2. The second kappa shape index (κ2) is 11.3. The van der Waals surface area contributed by atoms with Gasteiger partial charge in [0.15, 0.2) is 0 Å². The topological polar surface area (TPSA) is 67.4 Å². The first-order valence-electron chi connectivity index (χ1n) is 10.8. The van der Waals surface area contributed by atoms with E-state index in [9.17, 15) is 9.59 Å². The van der Waals surface area contributed by atoms with Crippen LogP contribution in [0.5, 0.6) is 5.75 Å². The zero-order chi connectivity index (χ0) is 23.8. The molecule has 5 nitrogen and oxygen atoms in total. The number of anilines is 2. The van der Waals surface area contributed by atoms with Crippen molar-refractivity contribution in [3.63, 3.8) is 0 Å². The number of hydrogen-bond acceptors (Lipinski definition) is 3. The van der Waals surface area contributed by atoms with E-state index in [1.54, 1.807) is 36.4 Å². The molecule has 6 heteroatoms. The van der Waals surface area contributed by atoms with Crippen LogP contribution in [0.2, 0.25) is 0 Å². The predicted octanol–water partition coefficient (Wildman–Crippen LogP) is 6.58. The molecular formula is C28H23BrN2O3. The number of halogens is 1. The van der Waals surface area contributed by atoms with Gasteiger partial charge in [0.05, 0.1) is 12.2 Å². The van der Waals surface area contributed by atoms with Gasteiger partial charge in [0.2, 0.25) is 0 Å². The van der Waals surface area contributed by atoms with E-state index in [0.717, 1.165) is 16.5 Å². The lowest BCUT2D eigenvalue weighted by molar-refractivity contribution is 0.101. The molecule has 0 heterocycles. The fourth-order valence-corrected chi connectivity index (χ4v) is 3.75. The van der Waals surface area contributed by atoms with Crippen LogP contribution in [0.4, 0.5) is 11.4 Å². The van der Waals surface area contributed by atoms with Crippen molar-refractivity contribution in [2.45, 2.75) is 6.42 Å². The predicted molar refractivity (Wildman–Crippen MR) is 139 cm³/mol. The van der Waals surface area contributed by atoms with Gasteiger partial charge in [-0.3, -0.25) is 9.59 Å². The van der Waals surface area contributed by atoms with E-state index >= 15 is 0 Å². The lowest BCUT2D eigenvalue weighted by Gasteiger charge is -2.13. The molecule has 0 atom stereocenters. The van der Waals surface area contributed by atoms with Crippen LogP contribution < -0.4 is 15.4 Å². The second-order valence-electron chi connectivity index (χ2n) is 7.58. The van der Waals surface area contributed by atoms with Crippen LogP contribution in [-0.2, 0) is 6.42 Å². The molecule has 0 radical (unpaired) electrons. The van der Waals surface area contributed by atoms with Crippen LogP contribution in [0.1, 0.15) is 26.3 Å². The third kappa shape index (κ3) is 6.33. The summed E-state index contributed by atoms with van der Waals surface area (Å²) in [5.74, 6) is -0.0825. The van der Waals surface area contributed by atoms with Crippen molar-refractivity contribution >= 4 is 39.1 Å². The fraction of sp³-hybridized carbons (Fsp3) is 0.0714. The monoisotopic (exact) mass is 514 g/mol. The fourth-order valence-electron chi connectivity index (χ4n) is 3.39. The number of para-hydroxylation sites is 1. The number of ether oxygens (including phenoxy) is 1. The third-order valence-corrected chi connectivity index (χ3v) is 5.58. The van der Waals surface area contributed by atoms with Gasteiger partial charge < -0.3 is 15.4 Å². The first kappa shape index (κ1) is 23.3. The molecule has 34 heavy (non-hydrogen) atoms. The summed E-state index contributed by atoms with van der Waals surface area (Å²) in [7, 11) is 0. The third-order valence-electron chi connectivity index (χ3n) is 5.09. The van der Waals surface area contributed by atoms with E-state index < -0.39 is 0 Å². The summed E-state index contributed by atoms with van der Waals surface area (Å²) in [6.07, 6.45) is 0.733. The molecule has 0 saturated carbocycles. The minimum absolute atomic E-state index is 0.255. The molecule has 0 unspecified atom stereocenters. The molecule has 2 N–H and O–H groups in total. The van der Waals surface area contributed by atoms with Crippen molar-refractivity contribution in [1.82, 2.24) is 0 Å². The number of nitrogens with one attached hydrogen (secondary N) is 2. The van der Waals surface area contributed by atoms with Crippen LogP contribution in [0.3, 0.4) is 0 Å². The molecule has 2 amide bonds. The Morgan fingerprint density at radius 1 is 0.706 bits per heavy atom. The molecule has 0 fully saturated rings. The van der Waals surface area contributed by atoms with Gasteiger partial charge in [-0.25, -0.2) is 0 Å². The number of rotatable bonds is 8. The van der Waals surface area contributed by atoms with Gasteiger partial charge in [-0.1, -0.05) is 70.5 Å². The molecule has 0 spiro atoms. The Kier molecular flexibility index (Phi) is 7.73. The van der Waals surface area contributed by atoms with Crippen LogP contribution in [0.15, 0.2) is 108 Å². The standard InChI is InChI=1S/C28H23BrN2O3/c29-22-14-15-26(34-17-16-20-8-3-1-4-9-20)25(19-22)28(33)31-24-13-7-10-21(18-24)27(32)30-23-11-5-2-6-12-23/h1-15,18-19H,16-17H2,(H,30,32)(H,31,33). The van der Waals surface area contributed by atoms with Gasteiger partial charge in [-0.2, -0.15) is 0 Å². The van der Waals surface area contributed by atoms with Gasteiger partial charge in [0.1, 0.15) is 5.75 Å². The van der Waals surface area contributed by atoms with Gasteiger partial charge in [-0.15, -0.1) is 0 Å². The van der Waals surface area contributed by atoms with Gasteiger partial charge in [0.25, 0.3) is 11.8 Å². The smallest absolute Gasteiger partial charge is 0.259 e. The molecular weight excluding hydrogens is 492 g/mol. The van der Waals surface area contributed by atoms with E-state index in [1.165, 1.54) is 0 Å². The average molecular weight is 515 g/mol. The Morgan fingerprint density at radius 2 is 1.38 bits per heavy atom. The molecule has 170 valence electrons. The van der Waals surface area contributed by atoms with Crippen molar-refractivity contribution in [3.8, 4) is 5.75 Å². The highest BCUT2D eigenvalue weighted by atomic mass is 79.9. The SMILES string of the molecule is O=C(Nc1ccccc1)c1cccc(NC(=O)c2cc(Br)ccc2OCCc2ccccc2)c1. The summed E-state index contributed by atoms with van der Waals surface area (Å²) in [6.45, 7) is 0.446. The molecule has 0 aliphatic heterocycles. The number of carbonyl (C=O) groups excluding carboxylic acids is 2. The number of hydrogen-bond donors (Lipinski definition) is 2. The van der Waals surface area contributed by atoms with E-state index in [-0.39, 0.29) is 11.8 Å². The van der Waals surface area contributed by atoms with E-state index in [2.05, 4.69) is 26.6 Å².